The fourth-order valence-electron chi connectivity index (χ4n) is 4.92. The number of carboxylic acid groups (broad SMARTS) is 2. The molecule has 319 valence electrons. The van der Waals surface area contributed by atoms with Crippen LogP contribution in [0.25, 0.3) is 0 Å². The van der Waals surface area contributed by atoms with Crippen LogP contribution in [0.5, 0.6) is 0 Å². The molecule has 2 aliphatic heterocycles. The minimum Gasteiger partial charge on any atom is -0.550 e. The molecule has 2 saturated heterocycles. The molecule has 20 N–H and O–H groups in total. The zero-order chi connectivity index (χ0) is 32.1. The average Bonchev–Trinajstić information content (AvgIpc) is 2.97. The van der Waals surface area contributed by atoms with Crippen molar-refractivity contribution in [3.63, 3.8) is 0 Å². The Labute approximate surface area is 321 Å². The molecule has 1 aromatic carbocycles. The summed E-state index contributed by atoms with van der Waals surface area (Å²) in [6.07, 6.45) is 4.80. The monoisotopic (exact) mass is 809 g/mol. The maximum Gasteiger partial charge on any atom is 2.00 e. The number of benzene rings is 1. The Balaban J connectivity index is -0.000000183. The van der Waals surface area contributed by atoms with E-state index in [4.69, 9.17) is 19.8 Å². The van der Waals surface area contributed by atoms with E-state index in [1.807, 2.05) is 0 Å². The van der Waals surface area contributed by atoms with E-state index in [1.54, 1.807) is 0 Å². The molecule has 52 heavy (non-hydrogen) atoms. The molecule has 0 aromatic heterocycles. The molecular weight excluding hydrogens is 736 g/mol. The molecule has 0 aliphatic carbocycles. The molecule has 0 spiro atoms. The van der Waals surface area contributed by atoms with E-state index < -0.39 is 11.9 Å². The summed E-state index contributed by atoms with van der Waals surface area (Å²) in [6, 6.07) is 9.42. The van der Waals surface area contributed by atoms with Crippen LogP contribution in [0, 0.1) is 0 Å². The van der Waals surface area contributed by atoms with Gasteiger partial charge < -0.3 is 90.0 Å². The average molecular weight is 811 g/mol. The first-order chi connectivity index (χ1) is 21.4. The van der Waals surface area contributed by atoms with E-state index in [1.165, 1.54) is 36.8 Å². The van der Waals surface area contributed by atoms with Gasteiger partial charge in [0.15, 0.2) is 0 Å². The number of carbonyl (C=O) groups excluding carboxylic acids is 2. The molecule has 2 fully saturated rings. The Morgan fingerprint density at radius 2 is 0.692 bits per heavy atom. The number of hydrogen-bond acceptors (Lipinski definition) is 12. The van der Waals surface area contributed by atoms with Crippen LogP contribution < -0.4 is 42.1 Å². The molecule has 0 unspecified atom stereocenters. The number of carboxylic acids is 2. The maximum absolute atomic E-state index is 8.89. The molecule has 3 rings (SSSR count). The van der Waals surface area contributed by atoms with Crippen molar-refractivity contribution in [2.45, 2.75) is 52.6 Å². The van der Waals surface area contributed by atoms with Crippen molar-refractivity contribution >= 4 is 11.9 Å². The largest absolute Gasteiger partial charge is 2.00 e. The van der Waals surface area contributed by atoms with Gasteiger partial charge in [0.1, 0.15) is 0 Å². The summed E-state index contributed by atoms with van der Waals surface area (Å²) in [5.74, 6) is -2.17. The van der Waals surface area contributed by atoms with Gasteiger partial charge in [-0.15, -0.1) is 0 Å². The van der Waals surface area contributed by atoms with Crippen molar-refractivity contribution < 1.29 is 75.2 Å². The van der Waals surface area contributed by atoms with Gasteiger partial charge in [0, 0.05) is 77.4 Å². The van der Waals surface area contributed by atoms with Crippen LogP contribution in [0.2, 0.25) is 0 Å². The van der Waals surface area contributed by atoms with E-state index in [0.717, 1.165) is 132 Å². The van der Waals surface area contributed by atoms with Crippen molar-refractivity contribution in [3.05, 3.63) is 35.4 Å². The van der Waals surface area contributed by atoms with Gasteiger partial charge in [-0.25, -0.2) is 0 Å². The first-order valence-electron chi connectivity index (χ1n) is 16.5. The maximum atomic E-state index is 8.89. The van der Waals surface area contributed by atoms with E-state index in [0.29, 0.717) is 0 Å². The van der Waals surface area contributed by atoms with E-state index in [-0.39, 0.29) is 55.4 Å². The zero-order valence-electron chi connectivity index (χ0n) is 31.2. The summed E-state index contributed by atoms with van der Waals surface area (Å²) >= 11 is 0. The number of nitrogens with one attached hydrogen (secondary N) is 6. The van der Waals surface area contributed by atoms with Crippen LogP contribution in [0.15, 0.2) is 24.3 Å². The fraction of sp³-hybridized carbons (Fsp3) is 0.750. The van der Waals surface area contributed by atoms with Crippen LogP contribution in [-0.2, 0) is 39.7 Å². The first kappa shape index (κ1) is 68.1. The van der Waals surface area contributed by atoms with E-state index >= 15 is 0 Å². The van der Waals surface area contributed by atoms with Gasteiger partial charge in [-0.2, -0.15) is 0 Å². The van der Waals surface area contributed by atoms with Gasteiger partial charge in [0.25, 0.3) is 0 Å². The summed E-state index contributed by atoms with van der Waals surface area (Å²) in [6.45, 7) is 21.6. The second kappa shape index (κ2) is 49.1. The summed E-state index contributed by atoms with van der Waals surface area (Å²) in [4.78, 5) is 23.0. The zero-order valence-corrected chi connectivity index (χ0v) is 32.1. The second-order valence-electron chi connectivity index (χ2n) is 11.3. The first-order valence-corrected chi connectivity index (χ1v) is 16.5. The minimum absolute atomic E-state index is 0. The molecule has 0 saturated carbocycles. The normalized spacial score (nSPS) is 16.8. The molecule has 0 atom stereocenters. The molecule has 2 heterocycles. The molecule has 2 aliphatic rings. The molecule has 0 amide bonds. The SMILES string of the molecule is CC(=O)[O-].CC(=O)[O-].O.O.O.O.O.O.O.[Cu+2].c1cc(CN2CCCNCCNCCCNCC2)ccc1CN1CCCNCCNCCCNCC1. The van der Waals surface area contributed by atoms with Crippen LogP contribution in [-0.4, -0.2) is 165 Å². The van der Waals surface area contributed by atoms with Gasteiger partial charge in [0.05, 0.1) is 0 Å². The third kappa shape index (κ3) is 46.1. The van der Waals surface area contributed by atoms with Crippen molar-refractivity contribution in [1.29, 1.82) is 0 Å². The summed E-state index contributed by atoms with van der Waals surface area (Å²) in [5.41, 5.74) is 2.86. The Bertz CT molecular complexity index is 754. The predicted octanol–water partition coefficient (Wildman–Crippen LogP) is -7.85. The van der Waals surface area contributed by atoms with Crippen LogP contribution in [0.4, 0.5) is 0 Å². The third-order valence-electron chi connectivity index (χ3n) is 7.07. The van der Waals surface area contributed by atoms with E-state index in [2.05, 4.69) is 66.0 Å². The van der Waals surface area contributed by atoms with Crippen molar-refractivity contribution in [1.82, 2.24) is 41.7 Å². The van der Waals surface area contributed by atoms with Gasteiger partial charge in [-0.05, 0) is 103 Å². The number of carbonyl (C=O) groups is 2. The third-order valence-corrected chi connectivity index (χ3v) is 7.07. The topological polar surface area (TPSA) is 379 Å². The van der Waals surface area contributed by atoms with E-state index in [9.17, 15) is 0 Å². The molecular formula is C32H74CuN8O11. The number of aliphatic carboxylic acids is 2. The second-order valence-corrected chi connectivity index (χ2v) is 11.3. The number of nitrogens with zero attached hydrogens (tertiary/aromatic N) is 2. The standard InChI is InChI=1S/C28H54N8.2C2H4O2.Cu.7H2O/c1-9-29-15-17-31-13-3-21-35(23-19-33-11-1)25-27-5-7-28(8-6-27)26-36-22-4-14-32-18-16-30-10-2-12-34-20-24-36;2*1-2(3)4;;;;;;;;/h5-8,29-34H,1-4,9-26H2;2*1H3,(H,3,4);;7*1H2/q;;;+2;;;;;;;/p-2. The van der Waals surface area contributed by atoms with Gasteiger partial charge in [0.2, 0.25) is 0 Å². The molecule has 1 aromatic rings. The van der Waals surface area contributed by atoms with Gasteiger partial charge in [-0.1, -0.05) is 24.3 Å². The van der Waals surface area contributed by atoms with Crippen LogP contribution >= 0.6 is 0 Å². The summed E-state index contributed by atoms with van der Waals surface area (Å²) in [5, 5.41) is 39.2. The fourth-order valence-corrected chi connectivity index (χ4v) is 4.92. The number of hydrogen-bond donors (Lipinski definition) is 6. The molecule has 19 nitrogen and oxygen atoms in total. The van der Waals surface area contributed by atoms with Gasteiger partial charge >= 0.3 is 17.1 Å². The van der Waals surface area contributed by atoms with Crippen LogP contribution in [0.3, 0.4) is 0 Å². The smallest absolute Gasteiger partial charge is 0.550 e. The predicted molar refractivity (Wildman–Crippen MR) is 199 cm³/mol. The van der Waals surface area contributed by atoms with Crippen molar-refractivity contribution in [2.24, 2.45) is 0 Å². The van der Waals surface area contributed by atoms with Crippen molar-refractivity contribution in [3.8, 4) is 0 Å². The number of rotatable bonds is 4. The Hall–Kier alpha value is -1.92. The van der Waals surface area contributed by atoms with Crippen molar-refractivity contribution in [2.75, 3.05) is 105 Å². The summed E-state index contributed by atoms with van der Waals surface area (Å²) in [7, 11) is 0. The van der Waals surface area contributed by atoms with Gasteiger partial charge in [-0.3, -0.25) is 9.80 Å². The Morgan fingerprint density at radius 1 is 0.462 bits per heavy atom. The molecule has 20 heteroatoms. The van der Waals surface area contributed by atoms with Crippen LogP contribution in [0.1, 0.15) is 50.7 Å². The summed E-state index contributed by atoms with van der Waals surface area (Å²) < 4.78 is 0. The Morgan fingerprint density at radius 3 is 0.962 bits per heavy atom. The molecule has 1 radical (unpaired) electrons. The quantitative estimate of drug-likeness (QED) is 0.155. The minimum atomic E-state index is -1.08. The molecule has 0 bridgehead atoms. The Kier molecular flexibility index (Phi) is 64.3.